The number of anilines is 1. The van der Waals surface area contributed by atoms with E-state index in [9.17, 15) is 22.8 Å². The first-order valence-corrected chi connectivity index (χ1v) is 14.5. The van der Waals surface area contributed by atoms with Crippen molar-refractivity contribution in [3.05, 3.63) is 47.1 Å². The lowest BCUT2D eigenvalue weighted by molar-refractivity contribution is -0.137. The van der Waals surface area contributed by atoms with Crippen LogP contribution in [0.2, 0.25) is 5.02 Å². The molecule has 0 aliphatic carbocycles. The van der Waals surface area contributed by atoms with Crippen LogP contribution in [0.3, 0.4) is 0 Å². The van der Waals surface area contributed by atoms with Crippen LogP contribution in [0.4, 0.5) is 19.0 Å². The summed E-state index contributed by atoms with van der Waals surface area (Å²) >= 11 is 6.80. The van der Waals surface area contributed by atoms with Crippen molar-refractivity contribution in [2.45, 2.75) is 44.1 Å². The first-order chi connectivity index (χ1) is 20.4. The average molecular weight is 622 g/mol. The molecule has 2 N–H and O–H groups in total. The van der Waals surface area contributed by atoms with Gasteiger partial charge in [-0.25, -0.2) is 4.98 Å². The van der Waals surface area contributed by atoms with E-state index in [1.54, 1.807) is 9.80 Å². The molecule has 3 aliphatic heterocycles. The van der Waals surface area contributed by atoms with Gasteiger partial charge in [-0.2, -0.15) is 13.2 Å². The average Bonchev–Trinajstić information content (AvgIpc) is 3.19. The van der Waals surface area contributed by atoms with Gasteiger partial charge in [0, 0.05) is 57.0 Å². The molecule has 0 saturated carbocycles. The molecule has 2 atom stereocenters. The normalized spacial score (nSPS) is 21.7. The first-order valence-electron chi connectivity index (χ1n) is 14.1. The fourth-order valence-corrected chi connectivity index (χ4v) is 6.39. The predicted molar refractivity (Wildman–Crippen MR) is 156 cm³/mol. The molecule has 0 radical (unpaired) electrons. The molecule has 3 aliphatic rings. The molecule has 2 saturated heterocycles. The van der Waals surface area contributed by atoms with Crippen molar-refractivity contribution >= 4 is 29.2 Å². The summed E-state index contributed by atoms with van der Waals surface area (Å²) in [5.74, 6) is -0.518. The van der Waals surface area contributed by atoms with Gasteiger partial charge in [0.2, 0.25) is 5.91 Å². The van der Waals surface area contributed by atoms with Crippen molar-refractivity contribution in [2.24, 2.45) is 0 Å². The number of hydrogen-bond acceptors (Lipinski definition) is 8. The van der Waals surface area contributed by atoms with Crippen molar-refractivity contribution in [3.8, 4) is 17.1 Å². The van der Waals surface area contributed by atoms with E-state index in [4.69, 9.17) is 21.3 Å². The Balaban J connectivity index is 1.66. The summed E-state index contributed by atoms with van der Waals surface area (Å²) in [6.07, 6.45) is -1.57. The number of fused-ring (bicyclic) bond motifs is 2. The van der Waals surface area contributed by atoms with Crippen molar-refractivity contribution in [1.82, 2.24) is 30.4 Å². The Morgan fingerprint density at radius 3 is 2.72 bits per heavy atom. The number of pyridine rings is 2. The minimum absolute atomic E-state index is 0.0196. The van der Waals surface area contributed by atoms with Crippen LogP contribution in [0.25, 0.3) is 11.4 Å². The second-order valence-corrected chi connectivity index (χ2v) is 11.9. The molecule has 14 heteroatoms. The highest BCUT2D eigenvalue weighted by Crippen LogP contribution is 2.47. The predicted octanol–water partition coefficient (Wildman–Crippen LogP) is 3.21. The number of aromatic nitrogens is 2. The number of alkyl halides is 3. The highest BCUT2D eigenvalue weighted by molar-refractivity contribution is 6.35. The number of carbonyl (C=O) groups is 2. The molecule has 2 fully saturated rings. The zero-order valence-corrected chi connectivity index (χ0v) is 25.1. The van der Waals surface area contributed by atoms with Gasteiger partial charge in [-0.05, 0) is 45.5 Å². The number of halogens is 4. The number of likely N-dealkylation sites (N-methyl/N-ethyl adjacent to an activating group) is 1. The largest absolute Gasteiger partial charge is 0.489 e. The van der Waals surface area contributed by atoms with Gasteiger partial charge in [0.1, 0.15) is 34.4 Å². The maximum Gasteiger partial charge on any atom is 0.418 e. The van der Waals surface area contributed by atoms with Crippen molar-refractivity contribution in [2.75, 3.05) is 57.8 Å². The maximum absolute atomic E-state index is 14.3. The van der Waals surface area contributed by atoms with Gasteiger partial charge in [0.15, 0.2) is 5.75 Å². The fraction of sp³-hybridized carbons (Fsp3) is 0.517. The Labute approximate surface area is 253 Å². The second-order valence-electron chi connectivity index (χ2n) is 11.5. The van der Waals surface area contributed by atoms with Crippen LogP contribution in [-0.2, 0) is 11.0 Å². The topological polar surface area (TPSA) is 103 Å². The minimum Gasteiger partial charge on any atom is -0.489 e. The zero-order valence-electron chi connectivity index (χ0n) is 24.3. The lowest BCUT2D eigenvalue weighted by Crippen LogP contribution is -2.57. The Morgan fingerprint density at radius 1 is 1.26 bits per heavy atom. The summed E-state index contributed by atoms with van der Waals surface area (Å²) in [6.45, 7) is 10.2. The van der Waals surface area contributed by atoms with E-state index < -0.39 is 34.9 Å². The maximum atomic E-state index is 14.3. The first kappa shape index (κ1) is 31.0. The van der Waals surface area contributed by atoms with Crippen molar-refractivity contribution in [1.29, 1.82) is 0 Å². The van der Waals surface area contributed by atoms with Crippen LogP contribution in [0, 0.1) is 0 Å². The van der Waals surface area contributed by atoms with Crippen LogP contribution in [-0.4, -0.2) is 102 Å². The fourth-order valence-electron chi connectivity index (χ4n) is 6.11. The summed E-state index contributed by atoms with van der Waals surface area (Å²) in [6, 6.07) is 1.64. The number of rotatable bonds is 7. The van der Waals surface area contributed by atoms with Crippen LogP contribution < -0.4 is 20.3 Å². The lowest BCUT2D eigenvalue weighted by atomic mass is 9.99. The Morgan fingerprint density at radius 2 is 2.02 bits per heavy atom. The second kappa shape index (κ2) is 11.9. The molecule has 0 spiro atoms. The monoisotopic (exact) mass is 621 g/mol. The highest BCUT2D eigenvalue weighted by atomic mass is 35.5. The summed E-state index contributed by atoms with van der Waals surface area (Å²) in [4.78, 5) is 40.5. The van der Waals surface area contributed by atoms with E-state index in [0.717, 1.165) is 12.6 Å². The summed E-state index contributed by atoms with van der Waals surface area (Å²) < 4.78 is 48.5. The molecule has 2 amide bonds. The molecule has 43 heavy (non-hydrogen) atoms. The smallest absolute Gasteiger partial charge is 0.418 e. The van der Waals surface area contributed by atoms with E-state index in [-0.39, 0.29) is 59.5 Å². The number of nitrogens with zero attached hydrogens (tertiary/aromatic N) is 5. The van der Waals surface area contributed by atoms with E-state index in [1.165, 1.54) is 18.3 Å². The molecular formula is C29H35ClF3N7O3. The van der Waals surface area contributed by atoms with Gasteiger partial charge < -0.3 is 30.1 Å². The van der Waals surface area contributed by atoms with Crippen molar-refractivity contribution < 1.29 is 27.5 Å². The van der Waals surface area contributed by atoms with Gasteiger partial charge in [-0.1, -0.05) is 18.2 Å². The van der Waals surface area contributed by atoms with Gasteiger partial charge in [-0.3, -0.25) is 14.6 Å². The van der Waals surface area contributed by atoms with Crippen LogP contribution in [0.5, 0.6) is 5.75 Å². The molecule has 2 aromatic heterocycles. The summed E-state index contributed by atoms with van der Waals surface area (Å²) in [5.41, 5.74) is -2.11. The minimum atomic E-state index is -4.73. The molecule has 10 nitrogen and oxygen atoms in total. The number of nitrogens with one attached hydrogen (secondary N) is 2. The van der Waals surface area contributed by atoms with Gasteiger partial charge in [-0.15, -0.1) is 0 Å². The van der Waals surface area contributed by atoms with Gasteiger partial charge in [0.05, 0.1) is 11.6 Å². The molecule has 2 aromatic rings. The number of ether oxygens (including phenoxy) is 1. The van der Waals surface area contributed by atoms with Gasteiger partial charge >= 0.3 is 6.18 Å². The molecule has 5 heterocycles. The van der Waals surface area contributed by atoms with Crippen LogP contribution in [0.15, 0.2) is 31.0 Å². The third-order valence-corrected chi connectivity index (χ3v) is 8.57. The van der Waals surface area contributed by atoms with E-state index in [2.05, 4.69) is 22.2 Å². The number of hydrogen-bond donors (Lipinski definition) is 2. The number of amides is 2. The molecule has 0 bridgehead atoms. The molecule has 1 unspecified atom stereocenters. The number of carbonyl (C=O) groups excluding carboxylic acids is 2. The number of piperazine rings is 1. The molecule has 5 rings (SSSR count). The molecule has 232 valence electrons. The quantitative estimate of drug-likeness (QED) is 0.359. The Bertz CT molecular complexity index is 1420. The molecule has 0 aromatic carbocycles. The molecular weight excluding hydrogens is 587 g/mol. The van der Waals surface area contributed by atoms with E-state index >= 15 is 0 Å². The van der Waals surface area contributed by atoms with Gasteiger partial charge in [0.25, 0.3) is 5.91 Å². The highest BCUT2D eigenvalue weighted by Gasteiger charge is 2.46. The standard InChI is InChI=1S/C29H35ClF3N7O3/c1-5-20(41)38-11-12-39-18(15-38)16-43-25-21(27(39)42)26(40-14-17(13-28(40,2)3)35-10-9-34-4)37-24(22(25)30)23-19(29(31,32)33)7-6-8-36-23/h5-8,17-18,34-35H,1,9-16H2,2-4H3/t17?,18-/m1/s1. The third kappa shape index (κ3) is 5.89. The summed E-state index contributed by atoms with van der Waals surface area (Å²) in [7, 11) is 1.86. The lowest BCUT2D eigenvalue weighted by Gasteiger charge is -2.40. The summed E-state index contributed by atoms with van der Waals surface area (Å²) in [5, 5.41) is 6.38. The van der Waals surface area contributed by atoms with Crippen molar-refractivity contribution in [3.63, 3.8) is 0 Å². The van der Waals surface area contributed by atoms with E-state index in [0.29, 0.717) is 26.1 Å². The SMILES string of the molecule is C=CC(=O)N1CCN2C(=O)c3c(N4CC(NCCNC)CC4(C)C)nc(-c4ncccc4C(F)(F)F)c(Cl)c3OC[C@H]2C1. The van der Waals surface area contributed by atoms with Crippen LogP contribution >= 0.6 is 11.6 Å². The Kier molecular flexibility index (Phi) is 8.61. The zero-order chi connectivity index (χ0) is 31.1. The third-order valence-electron chi connectivity index (χ3n) is 8.22. The van der Waals surface area contributed by atoms with E-state index in [1.807, 2.05) is 25.8 Å². The Hall–Kier alpha value is -3.42. The van der Waals surface area contributed by atoms with Crippen LogP contribution in [0.1, 0.15) is 36.2 Å².